The average Bonchev–Trinajstić information content (AvgIpc) is 2.45. The van der Waals surface area contributed by atoms with Gasteiger partial charge in [0.2, 0.25) is 0 Å². The van der Waals surface area contributed by atoms with Crippen LogP contribution in [-0.2, 0) is 4.74 Å². The number of halogens is 1. The summed E-state index contributed by atoms with van der Waals surface area (Å²) in [5.41, 5.74) is 1.18. The van der Waals surface area contributed by atoms with Gasteiger partial charge in [-0.3, -0.25) is 4.98 Å². The van der Waals surface area contributed by atoms with Crippen LogP contribution in [0.1, 0.15) is 44.2 Å². The Morgan fingerprint density at radius 1 is 1.47 bits per heavy atom. The Bertz CT molecular complexity index is 380. The van der Waals surface area contributed by atoms with Crippen LogP contribution in [0, 0.1) is 5.92 Å². The van der Waals surface area contributed by atoms with Gasteiger partial charge in [-0.15, -0.1) is 0 Å². The Hall–Kier alpha value is -0.640. The van der Waals surface area contributed by atoms with Gasteiger partial charge in [0.05, 0.1) is 5.02 Å². The number of ether oxygens (including phenoxy) is 1. The van der Waals surface area contributed by atoms with Gasteiger partial charge in [0, 0.05) is 31.6 Å². The second-order valence-corrected chi connectivity index (χ2v) is 5.60. The molecule has 0 radical (unpaired) electrons. The van der Waals surface area contributed by atoms with Gasteiger partial charge < -0.3 is 10.1 Å². The molecule has 1 saturated heterocycles. The summed E-state index contributed by atoms with van der Waals surface area (Å²) in [6.45, 7) is 5.00. The van der Waals surface area contributed by atoms with E-state index >= 15 is 0 Å². The van der Waals surface area contributed by atoms with E-state index in [1.165, 1.54) is 5.56 Å². The molecular formula is C15H23ClN2O. The number of rotatable bonds is 6. The van der Waals surface area contributed by atoms with Crippen molar-refractivity contribution in [1.29, 1.82) is 0 Å². The third kappa shape index (κ3) is 4.44. The van der Waals surface area contributed by atoms with E-state index in [0.717, 1.165) is 56.4 Å². The van der Waals surface area contributed by atoms with Gasteiger partial charge in [0.1, 0.15) is 0 Å². The van der Waals surface area contributed by atoms with Gasteiger partial charge in [-0.25, -0.2) is 0 Å². The van der Waals surface area contributed by atoms with Crippen LogP contribution in [0.25, 0.3) is 0 Å². The smallest absolute Gasteiger partial charge is 0.0637 e. The minimum atomic E-state index is 0.332. The minimum absolute atomic E-state index is 0.332. The first-order valence-electron chi connectivity index (χ1n) is 7.21. The molecule has 4 heteroatoms. The highest BCUT2D eigenvalue weighted by Gasteiger charge is 2.21. The molecule has 106 valence electrons. The minimum Gasteiger partial charge on any atom is -0.381 e. The van der Waals surface area contributed by atoms with Crippen molar-refractivity contribution in [3.05, 3.63) is 29.0 Å². The number of nitrogens with one attached hydrogen (secondary N) is 1. The molecular weight excluding hydrogens is 260 g/mol. The van der Waals surface area contributed by atoms with E-state index in [1.54, 1.807) is 6.20 Å². The molecule has 1 N–H and O–H groups in total. The predicted molar refractivity (Wildman–Crippen MR) is 78.4 cm³/mol. The topological polar surface area (TPSA) is 34.1 Å². The van der Waals surface area contributed by atoms with E-state index in [4.69, 9.17) is 16.3 Å². The fourth-order valence-corrected chi connectivity index (χ4v) is 2.87. The summed E-state index contributed by atoms with van der Waals surface area (Å²) in [5, 5.41) is 4.39. The lowest BCUT2D eigenvalue weighted by molar-refractivity contribution is 0.0605. The zero-order valence-electron chi connectivity index (χ0n) is 11.6. The van der Waals surface area contributed by atoms with Gasteiger partial charge in [0.15, 0.2) is 0 Å². The molecule has 1 fully saturated rings. The van der Waals surface area contributed by atoms with Crippen molar-refractivity contribution < 1.29 is 4.74 Å². The van der Waals surface area contributed by atoms with E-state index in [1.807, 2.05) is 12.3 Å². The Morgan fingerprint density at radius 3 is 2.95 bits per heavy atom. The second kappa shape index (κ2) is 7.83. The maximum Gasteiger partial charge on any atom is 0.0637 e. The second-order valence-electron chi connectivity index (χ2n) is 5.20. The van der Waals surface area contributed by atoms with Crippen molar-refractivity contribution in [3.63, 3.8) is 0 Å². The van der Waals surface area contributed by atoms with Crippen LogP contribution < -0.4 is 5.32 Å². The largest absolute Gasteiger partial charge is 0.381 e. The standard InChI is InChI=1S/C15H23ClN2O/c1-2-6-18-15(10-12-4-8-19-9-5-12)13-3-7-17-11-14(13)16/h3,7,11-12,15,18H,2,4-6,8-10H2,1H3. The maximum absolute atomic E-state index is 6.29. The van der Waals surface area contributed by atoms with E-state index in [0.29, 0.717) is 6.04 Å². The van der Waals surface area contributed by atoms with Crippen molar-refractivity contribution in [3.8, 4) is 0 Å². The molecule has 1 atom stereocenters. The van der Waals surface area contributed by atoms with Crippen molar-refractivity contribution >= 4 is 11.6 Å². The van der Waals surface area contributed by atoms with Gasteiger partial charge in [-0.1, -0.05) is 18.5 Å². The highest BCUT2D eigenvalue weighted by atomic mass is 35.5. The lowest BCUT2D eigenvalue weighted by Crippen LogP contribution is -2.27. The Kier molecular flexibility index (Phi) is 6.08. The van der Waals surface area contributed by atoms with Gasteiger partial charge in [-0.05, 0) is 49.8 Å². The highest BCUT2D eigenvalue weighted by molar-refractivity contribution is 6.31. The van der Waals surface area contributed by atoms with Crippen LogP contribution in [0.3, 0.4) is 0 Å². The summed E-state index contributed by atoms with van der Waals surface area (Å²) in [7, 11) is 0. The Morgan fingerprint density at radius 2 is 2.26 bits per heavy atom. The molecule has 3 nitrogen and oxygen atoms in total. The van der Waals surface area contributed by atoms with Crippen molar-refractivity contribution in [2.45, 2.75) is 38.6 Å². The average molecular weight is 283 g/mol. The molecule has 0 aliphatic carbocycles. The Balaban J connectivity index is 2.04. The number of aromatic nitrogens is 1. The first kappa shape index (κ1) is 14.8. The molecule has 0 spiro atoms. The van der Waals surface area contributed by atoms with Gasteiger partial charge >= 0.3 is 0 Å². The number of nitrogens with zero attached hydrogens (tertiary/aromatic N) is 1. The first-order chi connectivity index (χ1) is 9.31. The molecule has 2 rings (SSSR count). The van der Waals surface area contributed by atoms with Gasteiger partial charge in [-0.2, -0.15) is 0 Å². The zero-order chi connectivity index (χ0) is 13.5. The van der Waals surface area contributed by atoms with Crippen molar-refractivity contribution in [2.24, 2.45) is 5.92 Å². The summed E-state index contributed by atoms with van der Waals surface area (Å²) in [4.78, 5) is 4.07. The SMILES string of the molecule is CCCNC(CC1CCOCC1)c1ccncc1Cl. The highest BCUT2D eigenvalue weighted by Crippen LogP contribution is 2.30. The zero-order valence-corrected chi connectivity index (χ0v) is 12.3. The van der Waals surface area contributed by atoms with E-state index < -0.39 is 0 Å². The van der Waals surface area contributed by atoms with E-state index in [9.17, 15) is 0 Å². The quantitative estimate of drug-likeness (QED) is 0.866. The monoisotopic (exact) mass is 282 g/mol. The fourth-order valence-electron chi connectivity index (χ4n) is 2.62. The third-order valence-electron chi connectivity index (χ3n) is 3.73. The summed E-state index contributed by atoms with van der Waals surface area (Å²) in [5.74, 6) is 0.729. The summed E-state index contributed by atoms with van der Waals surface area (Å²) in [6, 6.07) is 2.37. The van der Waals surface area contributed by atoms with Crippen molar-refractivity contribution in [1.82, 2.24) is 10.3 Å². The van der Waals surface area contributed by atoms with E-state index in [2.05, 4.69) is 17.2 Å². The molecule has 2 heterocycles. The fraction of sp³-hybridized carbons (Fsp3) is 0.667. The predicted octanol–water partition coefficient (Wildman–Crippen LogP) is 3.59. The van der Waals surface area contributed by atoms with Crippen LogP contribution in [0.4, 0.5) is 0 Å². The van der Waals surface area contributed by atoms with Gasteiger partial charge in [0.25, 0.3) is 0 Å². The first-order valence-corrected chi connectivity index (χ1v) is 7.59. The number of hydrogen-bond acceptors (Lipinski definition) is 3. The Labute approximate surface area is 120 Å². The van der Waals surface area contributed by atoms with E-state index in [-0.39, 0.29) is 0 Å². The lowest BCUT2D eigenvalue weighted by atomic mass is 9.89. The molecule has 0 saturated carbocycles. The van der Waals surface area contributed by atoms with Crippen LogP contribution in [0.2, 0.25) is 5.02 Å². The normalized spacial score (nSPS) is 18.4. The number of hydrogen-bond donors (Lipinski definition) is 1. The van der Waals surface area contributed by atoms with Crippen LogP contribution in [-0.4, -0.2) is 24.7 Å². The lowest BCUT2D eigenvalue weighted by Gasteiger charge is -2.28. The molecule has 19 heavy (non-hydrogen) atoms. The molecule has 0 amide bonds. The molecule has 1 unspecified atom stereocenters. The molecule has 0 bridgehead atoms. The molecule has 1 aromatic rings. The summed E-state index contributed by atoms with van der Waals surface area (Å²) in [6.07, 6.45) is 8.15. The van der Waals surface area contributed by atoms with Crippen LogP contribution >= 0.6 is 11.6 Å². The molecule has 0 aromatic carbocycles. The molecule has 1 aliphatic rings. The maximum atomic E-state index is 6.29. The number of pyridine rings is 1. The summed E-state index contributed by atoms with van der Waals surface area (Å²) >= 11 is 6.29. The molecule has 1 aliphatic heterocycles. The molecule has 1 aromatic heterocycles. The van der Waals surface area contributed by atoms with Crippen molar-refractivity contribution in [2.75, 3.05) is 19.8 Å². The van der Waals surface area contributed by atoms with Crippen LogP contribution in [0.15, 0.2) is 18.5 Å². The third-order valence-corrected chi connectivity index (χ3v) is 4.05. The van der Waals surface area contributed by atoms with Crippen LogP contribution in [0.5, 0.6) is 0 Å². The summed E-state index contributed by atoms with van der Waals surface area (Å²) < 4.78 is 5.44.